The van der Waals surface area contributed by atoms with Gasteiger partial charge in [-0.25, -0.2) is 4.39 Å². The molecule has 7 nitrogen and oxygen atoms in total. The van der Waals surface area contributed by atoms with Crippen LogP contribution in [-0.4, -0.2) is 34.2 Å². The minimum atomic E-state index is -0.526. The van der Waals surface area contributed by atoms with Crippen molar-refractivity contribution in [3.63, 3.8) is 0 Å². The number of allylic oxidation sites excluding steroid dienone is 2. The summed E-state index contributed by atoms with van der Waals surface area (Å²) in [6, 6.07) is 13.3. The van der Waals surface area contributed by atoms with Crippen LogP contribution in [0.15, 0.2) is 60.3 Å². The van der Waals surface area contributed by atoms with Crippen LogP contribution in [0.5, 0.6) is 23.0 Å². The van der Waals surface area contributed by atoms with Gasteiger partial charge in [0.2, 0.25) is 5.75 Å². The number of halogens is 1. The molecule has 3 N–H and O–H groups in total. The van der Waals surface area contributed by atoms with E-state index >= 15 is 0 Å². The van der Waals surface area contributed by atoms with Gasteiger partial charge < -0.3 is 30.0 Å². The molecule has 0 spiro atoms. The lowest BCUT2D eigenvalue weighted by atomic mass is 10.1. The lowest BCUT2D eigenvalue weighted by Crippen LogP contribution is -2.05. The number of hydrogen-bond donors (Lipinski definition) is 2. The minimum Gasteiger partial charge on any atom is -0.494 e. The van der Waals surface area contributed by atoms with E-state index in [0.29, 0.717) is 45.4 Å². The van der Waals surface area contributed by atoms with Gasteiger partial charge in [-0.05, 0) is 42.8 Å². The molecule has 8 heteroatoms. The van der Waals surface area contributed by atoms with E-state index in [1.807, 2.05) is 0 Å². The summed E-state index contributed by atoms with van der Waals surface area (Å²) in [6.07, 6.45) is 4.95. The van der Waals surface area contributed by atoms with Crippen LogP contribution in [0.2, 0.25) is 0 Å². The van der Waals surface area contributed by atoms with Gasteiger partial charge in [-0.3, -0.25) is 4.79 Å². The first-order valence-corrected chi connectivity index (χ1v) is 11.0. The van der Waals surface area contributed by atoms with Gasteiger partial charge in [0.15, 0.2) is 28.8 Å². The Morgan fingerprint density at radius 3 is 2.11 bits per heavy atom. The number of rotatable bonds is 10. The van der Waals surface area contributed by atoms with Crippen molar-refractivity contribution in [1.82, 2.24) is 0 Å². The predicted octanol–water partition coefficient (Wildman–Crippen LogP) is 5.81. The average Bonchev–Trinajstić information content (AvgIpc) is 2.87. The highest BCUT2D eigenvalue weighted by Crippen LogP contribution is 2.39. The molecule has 0 heterocycles. The zero-order chi connectivity index (χ0) is 26.2. The number of hydrogen-bond acceptors (Lipinski definition) is 7. The number of nitrogen functional groups attached to an aromatic ring is 1. The quantitative estimate of drug-likeness (QED) is 0.160. The highest BCUT2D eigenvalue weighted by atomic mass is 19.1. The summed E-state index contributed by atoms with van der Waals surface area (Å²) in [5.74, 6) is 0.749. The normalized spacial score (nSPS) is 11.3. The van der Waals surface area contributed by atoms with Crippen LogP contribution in [0.25, 0.3) is 12.2 Å². The largest absolute Gasteiger partial charge is 0.494 e. The van der Waals surface area contributed by atoms with Gasteiger partial charge in [0.25, 0.3) is 0 Å². The maximum atomic E-state index is 14.6. The Labute approximate surface area is 209 Å². The Hall–Kier alpha value is -4.46. The van der Waals surface area contributed by atoms with E-state index in [1.165, 1.54) is 46.6 Å². The van der Waals surface area contributed by atoms with Gasteiger partial charge in [0.05, 0.1) is 28.4 Å². The van der Waals surface area contributed by atoms with Crippen LogP contribution < -0.4 is 30.0 Å². The second kappa shape index (κ2) is 11.8. The topological polar surface area (TPSA) is 92.0 Å². The standard InChI is InChI=1S/C28H29FN2O5/c1-17(12-24(32)20-8-6-7-9-22(20)30)31-23-16-25(33-2)21(29)15-19(23)11-10-18-13-26(34-3)28(36-5)27(14-18)35-4/h6-16,31H,30H2,1-5H3/b11-10-,17-12-. The van der Waals surface area contributed by atoms with Crippen LogP contribution in [0.1, 0.15) is 28.4 Å². The molecule has 0 aromatic heterocycles. The third-order valence-electron chi connectivity index (χ3n) is 5.37. The first kappa shape index (κ1) is 26.2. The van der Waals surface area contributed by atoms with Gasteiger partial charge in [-0.2, -0.15) is 0 Å². The molecule has 3 aromatic rings. The van der Waals surface area contributed by atoms with E-state index in [2.05, 4.69) is 5.32 Å². The van der Waals surface area contributed by atoms with Crippen LogP contribution in [0.3, 0.4) is 0 Å². The molecule has 3 aromatic carbocycles. The van der Waals surface area contributed by atoms with E-state index in [0.717, 1.165) is 5.56 Å². The Bertz CT molecular complexity index is 1290. The van der Waals surface area contributed by atoms with Crippen LogP contribution >= 0.6 is 0 Å². The zero-order valence-electron chi connectivity index (χ0n) is 20.8. The molecule has 0 saturated heterocycles. The number of ketones is 1. The summed E-state index contributed by atoms with van der Waals surface area (Å²) in [6.45, 7) is 1.74. The van der Waals surface area contributed by atoms with Crippen molar-refractivity contribution in [3.8, 4) is 23.0 Å². The fraction of sp³-hybridized carbons (Fsp3) is 0.179. The van der Waals surface area contributed by atoms with Crippen molar-refractivity contribution in [2.24, 2.45) is 0 Å². The second-order valence-corrected chi connectivity index (χ2v) is 7.77. The second-order valence-electron chi connectivity index (χ2n) is 7.77. The first-order valence-electron chi connectivity index (χ1n) is 11.0. The molecular weight excluding hydrogens is 463 g/mol. The molecule has 0 aliphatic heterocycles. The lowest BCUT2D eigenvalue weighted by molar-refractivity contribution is 0.104. The van der Waals surface area contributed by atoms with Crippen molar-refractivity contribution in [2.45, 2.75) is 6.92 Å². The summed E-state index contributed by atoms with van der Waals surface area (Å²) < 4.78 is 35.9. The maximum absolute atomic E-state index is 14.6. The molecule has 0 bridgehead atoms. The first-order chi connectivity index (χ1) is 17.3. The lowest BCUT2D eigenvalue weighted by Gasteiger charge is -2.14. The SMILES string of the molecule is COc1cc(N/C(C)=C\C(=O)c2ccccc2N)c(/C=C\c2cc(OC)c(OC)c(OC)c2)cc1F. The van der Waals surface area contributed by atoms with E-state index in [-0.39, 0.29) is 11.5 Å². The highest BCUT2D eigenvalue weighted by Gasteiger charge is 2.14. The molecule has 0 saturated carbocycles. The Morgan fingerprint density at radius 2 is 1.53 bits per heavy atom. The number of benzene rings is 3. The van der Waals surface area contributed by atoms with Gasteiger partial charge in [-0.15, -0.1) is 0 Å². The van der Waals surface area contributed by atoms with Crippen molar-refractivity contribution in [3.05, 3.63) is 82.8 Å². The number of anilines is 2. The fourth-order valence-electron chi connectivity index (χ4n) is 3.60. The number of nitrogens with one attached hydrogen (secondary N) is 1. The number of ether oxygens (including phenoxy) is 4. The van der Waals surface area contributed by atoms with E-state index in [1.54, 1.807) is 55.5 Å². The Morgan fingerprint density at radius 1 is 0.889 bits per heavy atom. The highest BCUT2D eigenvalue weighted by molar-refractivity contribution is 6.08. The monoisotopic (exact) mass is 492 g/mol. The molecule has 0 atom stereocenters. The number of nitrogens with two attached hydrogens (primary N) is 1. The van der Waals surface area contributed by atoms with Crippen LogP contribution in [0, 0.1) is 5.82 Å². The van der Waals surface area contributed by atoms with Gasteiger partial charge in [-0.1, -0.05) is 24.3 Å². The third-order valence-corrected chi connectivity index (χ3v) is 5.37. The van der Waals surface area contributed by atoms with Crippen molar-refractivity contribution in [2.75, 3.05) is 39.5 Å². The zero-order valence-corrected chi connectivity index (χ0v) is 20.8. The molecule has 0 aliphatic rings. The van der Waals surface area contributed by atoms with Crippen LogP contribution in [0.4, 0.5) is 15.8 Å². The molecule has 188 valence electrons. The van der Waals surface area contributed by atoms with E-state index < -0.39 is 5.82 Å². The number of carbonyl (C=O) groups excluding carboxylic acids is 1. The minimum absolute atomic E-state index is 0.0638. The van der Waals surface area contributed by atoms with Gasteiger partial charge in [0.1, 0.15) is 0 Å². The summed E-state index contributed by atoms with van der Waals surface area (Å²) in [7, 11) is 5.98. The molecular formula is C28H29FN2O5. The smallest absolute Gasteiger partial charge is 0.203 e. The molecule has 36 heavy (non-hydrogen) atoms. The summed E-state index contributed by atoms with van der Waals surface area (Å²) in [5, 5.41) is 3.16. The molecule has 0 unspecified atom stereocenters. The van der Waals surface area contributed by atoms with Crippen LogP contribution in [-0.2, 0) is 0 Å². The average molecular weight is 493 g/mol. The third kappa shape index (κ3) is 5.96. The molecule has 0 aliphatic carbocycles. The van der Waals surface area contributed by atoms with E-state index in [4.69, 9.17) is 24.7 Å². The molecule has 0 fully saturated rings. The van der Waals surface area contributed by atoms with Crippen molar-refractivity contribution >= 4 is 29.3 Å². The van der Waals surface area contributed by atoms with Crippen molar-refractivity contribution in [1.29, 1.82) is 0 Å². The Balaban J connectivity index is 1.97. The van der Waals surface area contributed by atoms with Crippen molar-refractivity contribution < 1.29 is 28.1 Å². The molecule has 3 rings (SSSR count). The summed E-state index contributed by atoms with van der Waals surface area (Å²) >= 11 is 0. The molecule has 0 amide bonds. The summed E-state index contributed by atoms with van der Waals surface area (Å²) in [4.78, 5) is 12.7. The number of methoxy groups -OCH3 is 4. The maximum Gasteiger partial charge on any atom is 0.203 e. The summed E-state index contributed by atoms with van der Waals surface area (Å²) in [5.41, 5.74) is 9.07. The molecule has 0 radical (unpaired) electrons. The fourth-order valence-corrected chi connectivity index (χ4v) is 3.60. The number of para-hydroxylation sites is 1. The predicted molar refractivity (Wildman–Crippen MR) is 141 cm³/mol. The Kier molecular flexibility index (Phi) is 8.57. The van der Waals surface area contributed by atoms with Gasteiger partial charge >= 0.3 is 0 Å². The number of carbonyl (C=O) groups is 1. The van der Waals surface area contributed by atoms with Gasteiger partial charge in [0, 0.05) is 40.3 Å². The van der Waals surface area contributed by atoms with E-state index in [9.17, 15) is 9.18 Å².